The molecule has 0 saturated carbocycles. The van der Waals surface area contributed by atoms with Crippen LogP contribution in [0.2, 0.25) is 5.02 Å². The van der Waals surface area contributed by atoms with E-state index < -0.39 is 59.8 Å². The monoisotopic (exact) mass is 677 g/mol. The van der Waals surface area contributed by atoms with Crippen molar-refractivity contribution in [3.8, 4) is 5.75 Å². The van der Waals surface area contributed by atoms with Gasteiger partial charge in [0.15, 0.2) is 5.72 Å². The van der Waals surface area contributed by atoms with Crippen molar-refractivity contribution in [2.75, 3.05) is 39.8 Å². The molecule has 4 rings (SSSR count). The Labute approximate surface area is 281 Å². The zero-order valence-electron chi connectivity index (χ0n) is 28.7. The Morgan fingerprint density at radius 1 is 1.30 bits per heavy atom. The molecule has 3 aliphatic heterocycles. The van der Waals surface area contributed by atoms with E-state index in [1.165, 1.54) is 19.1 Å². The van der Waals surface area contributed by atoms with Gasteiger partial charge in [0, 0.05) is 26.5 Å². The number of anilines is 1. The molecule has 8 atom stereocenters. The number of aliphatic hydroxyl groups is 1. The van der Waals surface area contributed by atoms with Gasteiger partial charge < -0.3 is 33.7 Å². The number of hydrogen-bond acceptors (Lipinski definition) is 10. The summed E-state index contributed by atoms with van der Waals surface area (Å²) in [4.78, 5) is 43.4. The molecule has 260 valence electrons. The van der Waals surface area contributed by atoms with Crippen molar-refractivity contribution in [1.29, 1.82) is 0 Å². The summed E-state index contributed by atoms with van der Waals surface area (Å²) < 4.78 is 29.1. The Morgan fingerprint density at radius 2 is 2.00 bits per heavy atom. The van der Waals surface area contributed by atoms with Gasteiger partial charge in [0.05, 0.1) is 25.3 Å². The molecule has 2 saturated heterocycles. The van der Waals surface area contributed by atoms with Crippen LogP contribution in [0.1, 0.15) is 53.0 Å². The number of rotatable bonds is 6. The predicted octanol–water partition coefficient (Wildman–Crippen LogP) is 4.01. The summed E-state index contributed by atoms with van der Waals surface area (Å²) in [7, 11) is 6.38. The molecule has 1 aromatic carbocycles. The van der Waals surface area contributed by atoms with Gasteiger partial charge in [-0.1, -0.05) is 49.2 Å². The van der Waals surface area contributed by atoms with Crippen molar-refractivity contribution in [3.05, 3.63) is 46.5 Å². The molecule has 0 aliphatic carbocycles. The Bertz CT molecular complexity index is 1420. The Morgan fingerprint density at radius 3 is 2.64 bits per heavy atom. The first-order valence-electron chi connectivity index (χ1n) is 15.9. The number of halogens is 1. The maximum Gasteiger partial charge on any atom is 0.409 e. The molecule has 4 bridgehead atoms. The third kappa shape index (κ3) is 7.78. The fraction of sp³-hybridized carbons (Fsp3) is 0.618. The number of methoxy groups -OCH3 is 2. The summed E-state index contributed by atoms with van der Waals surface area (Å²) in [5.74, 6) is -0.910. The fourth-order valence-electron chi connectivity index (χ4n) is 6.30. The van der Waals surface area contributed by atoms with Gasteiger partial charge in [0.2, 0.25) is 5.91 Å². The Hall–Kier alpha value is -3.16. The molecule has 0 spiro atoms. The van der Waals surface area contributed by atoms with Crippen molar-refractivity contribution in [2.24, 2.45) is 5.92 Å². The molecule has 47 heavy (non-hydrogen) atoms. The van der Waals surface area contributed by atoms with Gasteiger partial charge in [-0.25, -0.2) is 4.79 Å². The standard InChI is InChI=1S/C34H48ClN3O9/c1-10-37(6)21(4)31(40)46-27-17-28(39)38(7)23-15-22(16-24(43-8)29(23)35)14-19(2)12-11-13-26(44-9)34(42)18-25(45-32(41)36-34)20(3)30-33(27,5)47-30/h11-13,15-16,20-21,25-27,30,42H,10,14,17-18H2,1-9H3,(H,36,41)/b13-11+,19-12+. The number of esters is 1. The lowest BCUT2D eigenvalue weighted by Gasteiger charge is -2.42. The second-order valence-electron chi connectivity index (χ2n) is 13.0. The van der Waals surface area contributed by atoms with Gasteiger partial charge in [-0.3, -0.25) is 19.8 Å². The lowest BCUT2D eigenvalue weighted by atomic mass is 9.83. The molecule has 13 heteroatoms. The summed E-state index contributed by atoms with van der Waals surface area (Å²) in [6.07, 6.45) is 1.54. The average Bonchev–Trinajstić information content (AvgIpc) is 3.73. The highest BCUT2D eigenvalue weighted by Crippen LogP contribution is 2.49. The van der Waals surface area contributed by atoms with Crippen LogP contribution in [0.5, 0.6) is 5.75 Å². The first kappa shape index (κ1) is 36.7. The van der Waals surface area contributed by atoms with Crippen molar-refractivity contribution in [3.63, 3.8) is 0 Å². The molecule has 12 nitrogen and oxygen atoms in total. The van der Waals surface area contributed by atoms with Crippen LogP contribution >= 0.6 is 11.6 Å². The van der Waals surface area contributed by atoms with Crippen molar-refractivity contribution in [1.82, 2.24) is 10.2 Å². The minimum absolute atomic E-state index is 0.00400. The van der Waals surface area contributed by atoms with E-state index in [-0.39, 0.29) is 23.8 Å². The van der Waals surface area contributed by atoms with Crippen molar-refractivity contribution in [2.45, 2.75) is 95.7 Å². The maximum atomic E-state index is 14.0. The number of epoxide rings is 1. The van der Waals surface area contributed by atoms with Crippen LogP contribution in [0.25, 0.3) is 0 Å². The van der Waals surface area contributed by atoms with Crippen molar-refractivity contribution < 1.29 is 43.2 Å². The normalized spacial score (nSPS) is 33.9. The van der Waals surface area contributed by atoms with Crippen LogP contribution in [-0.2, 0) is 35.0 Å². The molecule has 2 fully saturated rings. The minimum atomic E-state index is -1.78. The lowest BCUT2D eigenvalue weighted by Crippen LogP contribution is -2.63. The van der Waals surface area contributed by atoms with Crippen LogP contribution in [0.3, 0.4) is 0 Å². The van der Waals surface area contributed by atoms with E-state index in [1.807, 2.05) is 50.9 Å². The summed E-state index contributed by atoms with van der Waals surface area (Å²) in [5, 5.41) is 14.5. The molecule has 0 radical (unpaired) electrons. The maximum absolute atomic E-state index is 14.0. The highest BCUT2D eigenvalue weighted by Gasteiger charge is 2.64. The molecular weight excluding hydrogens is 630 g/mol. The van der Waals surface area contributed by atoms with Crippen molar-refractivity contribution >= 4 is 35.3 Å². The molecule has 3 heterocycles. The van der Waals surface area contributed by atoms with Gasteiger partial charge in [-0.15, -0.1) is 0 Å². The smallest absolute Gasteiger partial charge is 0.409 e. The summed E-state index contributed by atoms with van der Waals surface area (Å²) in [5.41, 5.74) is -0.640. The second kappa shape index (κ2) is 14.5. The number of amides is 2. The largest absolute Gasteiger partial charge is 0.495 e. The number of fused-ring (bicyclic) bond motifs is 5. The van der Waals surface area contributed by atoms with Gasteiger partial charge in [-0.2, -0.15) is 0 Å². The number of alkyl carbamates (subject to hydrolysis) is 1. The quantitative estimate of drug-likeness (QED) is 0.335. The Balaban J connectivity index is 1.79. The number of carbonyl (C=O) groups excluding carboxylic acids is 3. The predicted molar refractivity (Wildman–Crippen MR) is 176 cm³/mol. The third-order valence-electron chi connectivity index (χ3n) is 9.71. The first-order valence-corrected chi connectivity index (χ1v) is 16.3. The van der Waals surface area contributed by atoms with Crippen LogP contribution in [-0.4, -0.2) is 105 Å². The van der Waals surface area contributed by atoms with Crippen LogP contribution in [0.15, 0.2) is 35.9 Å². The minimum Gasteiger partial charge on any atom is -0.495 e. The molecular formula is C34H48ClN3O9. The number of carbonyl (C=O) groups is 3. The zero-order valence-corrected chi connectivity index (χ0v) is 29.4. The summed E-state index contributed by atoms with van der Waals surface area (Å²) >= 11 is 6.73. The number of benzene rings is 1. The zero-order chi connectivity index (χ0) is 34.8. The molecule has 1 aromatic rings. The molecule has 2 N–H and O–H groups in total. The highest BCUT2D eigenvalue weighted by molar-refractivity contribution is 6.35. The number of hydrogen-bond donors (Lipinski definition) is 2. The third-order valence-corrected chi connectivity index (χ3v) is 10.1. The highest BCUT2D eigenvalue weighted by atomic mass is 35.5. The summed E-state index contributed by atoms with van der Waals surface area (Å²) in [6.45, 7) is 9.84. The Kier molecular flexibility index (Phi) is 11.3. The van der Waals surface area contributed by atoms with Gasteiger partial charge >= 0.3 is 12.1 Å². The molecule has 3 aliphatic rings. The van der Waals surface area contributed by atoms with E-state index in [0.29, 0.717) is 24.4 Å². The number of ether oxygens (including phenoxy) is 5. The van der Waals surface area contributed by atoms with E-state index in [4.69, 9.17) is 35.3 Å². The van der Waals surface area contributed by atoms with Gasteiger partial charge in [-0.05, 0) is 58.5 Å². The SMILES string of the molecule is CCN(C)C(C)C(=O)OC1CC(=O)N(C)c2cc(cc(OC)c2Cl)C/C(C)=C/C=C/C(OC)C2(O)CC(OC(=O)N2)C(C)C2OC12C. The van der Waals surface area contributed by atoms with Crippen LogP contribution in [0, 0.1) is 5.92 Å². The molecule has 0 aromatic heterocycles. The summed E-state index contributed by atoms with van der Waals surface area (Å²) in [6, 6.07) is 3.07. The van der Waals surface area contributed by atoms with E-state index >= 15 is 0 Å². The lowest BCUT2D eigenvalue weighted by molar-refractivity contribution is -0.158. The number of nitrogens with zero attached hydrogens (tertiary/aromatic N) is 2. The fourth-order valence-corrected chi connectivity index (χ4v) is 6.61. The number of allylic oxidation sites excluding steroid dienone is 3. The topological polar surface area (TPSA) is 139 Å². The second-order valence-corrected chi connectivity index (χ2v) is 13.4. The first-order chi connectivity index (χ1) is 22.1. The van der Waals surface area contributed by atoms with Crippen LogP contribution < -0.4 is 15.0 Å². The number of likely N-dealkylation sites (N-methyl/N-ethyl adjacent to an activating group) is 1. The van der Waals surface area contributed by atoms with Gasteiger partial charge in [0.25, 0.3) is 0 Å². The van der Waals surface area contributed by atoms with E-state index in [1.54, 1.807) is 33.0 Å². The average molecular weight is 678 g/mol. The van der Waals surface area contributed by atoms with E-state index in [2.05, 4.69) is 5.32 Å². The van der Waals surface area contributed by atoms with Crippen LogP contribution in [0.4, 0.5) is 10.5 Å². The molecule has 2 amide bonds. The number of nitrogens with one attached hydrogen (secondary N) is 1. The van der Waals surface area contributed by atoms with E-state index in [0.717, 1.165) is 11.1 Å². The molecule has 8 unspecified atom stereocenters. The van der Waals surface area contributed by atoms with Gasteiger partial charge in [0.1, 0.15) is 40.7 Å². The van der Waals surface area contributed by atoms with E-state index in [9.17, 15) is 19.5 Å².